The van der Waals surface area contributed by atoms with Crippen LogP contribution in [0.25, 0.3) is 21.6 Å². The van der Waals surface area contributed by atoms with Gasteiger partial charge in [-0.1, -0.05) is 102 Å². The minimum atomic E-state index is -1.48. The third-order valence-electron chi connectivity index (χ3n) is 9.23. The molecule has 11 nitrogen and oxygen atoms in total. The molecule has 0 saturated carbocycles. The highest BCUT2D eigenvalue weighted by Crippen LogP contribution is 2.43. The smallest absolute Gasteiger partial charge is 0.266 e. The second-order valence-electron chi connectivity index (χ2n) is 12.8. The van der Waals surface area contributed by atoms with Gasteiger partial charge < -0.3 is 19.3 Å². The predicted molar refractivity (Wildman–Crippen MR) is 209 cm³/mol. The summed E-state index contributed by atoms with van der Waals surface area (Å²) in [5.41, 5.74) is 19.9. The molecule has 0 radical (unpaired) electrons. The maximum atomic E-state index is 14.8. The summed E-state index contributed by atoms with van der Waals surface area (Å²) in [7, 11) is 0. The van der Waals surface area contributed by atoms with Crippen molar-refractivity contribution >= 4 is 11.8 Å². The van der Waals surface area contributed by atoms with Crippen LogP contribution in [-0.4, -0.2) is 48.8 Å². The van der Waals surface area contributed by atoms with Crippen LogP contribution in [0.5, 0.6) is 11.5 Å². The molecule has 0 saturated heterocycles. The van der Waals surface area contributed by atoms with Gasteiger partial charge in [-0.15, -0.1) is 0 Å². The third-order valence-corrected chi connectivity index (χ3v) is 9.23. The van der Waals surface area contributed by atoms with Crippen molar-refractivity contribution in [2.45, 2.75) is 44.4 Å². The fraction of sp³-hybridized carbons (Fsp3) is 0.256. The Morgan fingerprint density at radius 3 is 2.24 bits per heavy atom. The van der Waals surface area contributed by atoms with E-state index in [2.05, 4.69) is 33.0 Å². The normalized spacial score (nSPS) is 16.1. The Hall–Kier alpha value is -6.13. The lowest BCUT2D eigenvalue weighted by Crippen LogP contribution is -2.54. The highest BCUT2D eigenvalue weighted by molar-refractivity contribution is 6.01. The Balaban J connectivity index is 1.38. The lowest BCUT2D eigenvalue weighted by atomic mass is 9.80. The average Bonchev–Trinajstić information content (AvgIpc) is 3.61. The Labute approximate surface area is 315 Å². The van der Waals surface area contributed by atoms with Crippen molar-refractivity contribution in [2.24, 2.45) is 10.1 Å². The van der Waals surface area contributed by atoms with E-state index in [0.717, 1.165) is 39.1 Å². The van der Waals surface area contributed by atoms with E-state index < -0.39 is 11.6 Å². The van der Waals surface area contributed by atoms with E-state index >= 15 is 0 Å². The SMILES string of the molecule is CCOc1ccccc1CCNNC(=O)[C@@]1(Cc2ccccc2CN=[N+]=[N-])N=C(c2ccc(OCCCO)cc2)O[C@H]1c1ccc(-c2ccccc2)cc1. The van der Waals surface area contributed by atoms with Gasteiger partial charge in [0.15, 0.2) is 11.6 Å². The highest BCUT2D eigenvalue weighted by atomic mass is 16.5. The number of aliphatic hydroxyl groups is 1. The number of aliphatic hydroxyl groups excluding tert-OH is 1. The van der Waals surface area contributed by atoms with Crippen LogP contribution in [0.4, 0.5) is 0 Å². The van der Waals surface area contributed by atoms with Gasteiger partial charge in [0.1, 0.15) is 11.5 Å². The number of aliphatic imine (C=N–C) groups is 1. The first-order chi connectivity index (χ1) is 26.5. The van der Waals surface area contributed by atoms with Gasteiger partial charge in [-0.3, -0.25) is 10.2 Å². The molecular formula is C43H44N6O5. The number of para-hydroxylation sites is 1. The van der Waals surface area contributed by atoms with Crippen LogP contribution in [0.3, 0.4) is 0 Å². The zero-order valence-electron chi connectivity index (χ0n) is 30.2. The van der Waals surface area contributed by atoms with Gasteiger partial charge in [-0.2, -0.15) is 0 Å². The molecule has 0 bridgehead atoms. The van der Waals surface area contributed by atoms with E-state index in [9.17, 15) is 4.79 Å². The molecule has 0 aromatic heterocycles. The molecule has 0 aliphatic carbocycles. The molecule has 1 aliphatic heterocycles. The van der Waals surface area contributed by atoms with E-state index in [4.69, 9.17) is 29.8 Å². The predicted octanol–water partition coefficient (Wildman–Crippen LogP) is 7.69. The van der Waals surface area contributed by atoms with Gasteiger partial charge in [0, 0.05) is 36.5 Å². The Morgan fingerprint density at radius 2 is 1.52 bits per heavy atom. The van der Waals surface area contributed by atoms with Gasteiger partial charge in [-0.05, 0) is 82.6 Å². The quantitative estimate of drug-likeness (QED) is 0.0277. The van der Waals surface area contributed by atoms with Crippen molar-refractivity contribution in [3.05, 3.63) is 166 Å². The zero-order valence-corrected chi connectivity index (χ0v) is 30.2. The molecule has 6 rings (SSSR count). The molecule has 5 aromatic rings. The van der Waals surface area contributed by atoms with Gasteiger partial charge in [0.2, 0.25) is 5.90 Å². The molecule has 54 heavy (non-hydrogen) atoms. The standard InChI is InChI=1S/C43H44N6O5/c1-2-52-39-16-9-8-13-33(39)25-26-45-48-42(51)43(29-36-14-6-7-15-37(36)30-46-49-44)40(34-19-17-32(18-20-34)31-11-4-3-5-12-31)54-41(47-43)35-21-23-38(24-22-35)53-28-10-27-50/h3-9,11-24,40,45,50H,2,10,25-30H2,1H3,(H,48,51)/t40-,43-/m0/s1. The lowest BCUT2D eigenvalue weighted by Gasteiger charge is -2.31. The Bertz CT molecular complexity index is 2070. The molecule has 0 spiro atoms. The first kappa shape index (κ1) is 37.6. The van der Waals surface area contributed by atoms with Crippen molar-refractivity contribution < 1.29 is 24.1 Å². The van der Waals surface area contributed by atoms with Crippen molar-refractivity contribution in [1.82, 2.24) is 10.9 Å². The molecule has 276 valence electrons. The number of azide groups is 1. The first-order valence-corrected chi connectivity index (χ1v) is 18.1. The number of carbonyl (C=O) groups is 1. The monoisotopic (exact) mass is 724 g/mol. The summed E-state index contributed by atoms with van der Waals surface area (Å²) in [6, 6.07) is 40.9. The van der Waals surface area contributed by atoms with E-state index in [0.29, 0.717) is 49.8 Å². The minimum absolute atomic E-state index is 0.0437. The topological polar surface area (TPSA) is 150 Å². The molecule has 2 atom stereocenters. The molecule has 1 heterocycles. The second kappa shape index (κ2) is 18.6. The van der Waals surface area contributed by atoms with Crippen LogP contribution >= 0.6 is 0 Å². The van der Waals surface area contributed by atoms with Crippen molar-refractivity contribution in [2.75, 3.05) is 26.4 Å². The Kier molecular flexibility index (Phi) is 12.9. The fourth-order valence-electron chi connectivity index (χ4n) is 6.50. The molecule has 0 unspecified atom stereocenters. The summed E-state index contributed by atoms with van der Waals surface area (Å²) < 4.78 is 18.3. The fourth-order valence-corrected chi connectivity index (χ4v) is 6.50. The van der Waals surface area contributed by atoms with Gasteiger partial charge >= 0.3 is 0 Å². The van der Waals surface area contributed by atoms with E-state index in [1.54, 1.807) is 0 Å². The maximum absolute atomic E-state index is 14.8. The molecule has 3 N–H and O–H groups in total. The van der Waals surface area contributed by atoms with Gasteiger partial charge in [0.25, 0.3) is 5.91 Å². The molecule has 11 heteroatoms. The number of nitrogens with one attached hydrogen (secondary N) is 2. The number of hydrogen-bond acceptors (Lipinski definition) is 8. The number of benzene rings is 5. The van der Waals surface area contributed by atoms with Gasteiger partial charge in [-0.25, -0.2) is 10.4 Å². The minimum Gasteiger partial charge on any atom is -0.494 e. The van der Waals surface area contributed by atoms with Crippen molar-refractivity contribution in [1.29, 1.82) is 0 Å². The molecule has 1 amide bonds. The molecule has 0 fully saturated rings. The van der Waals surface area contributed by atoms with Crippen molar-refractivity contribution in [3.8, 4) is 22.6 Å². The van der Waals surface area contributed by atoms with Crippen molar-refractivity contribution in [3.63, 3.8) is 0 Å². The number of rotatable bonds is 18. The van der Waals surface area contributed by atoms with E-state index in [1.807, 2.05) is 122 Å². The third kappa shape index (κ3) is 9.08. The van der Waals surface area contributed by atoms with Crippen LogP contribution in [-0.2, 0) is 28.9 Å². The summed E-state index contributed by atoms with van der Waals surface area (Å²) in [5, 5.41) is 13.0. The van der Waals surface area contributed by atoms with Gasteiger partial charge in [0.05, 0.1) is 19.8 Å². The van der Waals surface area contributed by atoms with Crippen LogP contribution < -0.4 is 20.3 Å². The van der Waals surface area contributed by atoms with Crippen LogP contribution in [0.1, 0.15) is 47.3 Å². The second-order valence-corrected chi connectivity index (χ2v) is 12.8. The average molecular weight is 725 g/mol. The number of nitrogens with zero attached hydrogens (tertiary/aromatic N) is 4. The van der Waals surface area contributed by atoms with E-state index in [1.165, 1.54) is 0 Å². The van der Waals surface area contributed by atoms with E-state index in [-0.39, 0.29) is 25.5 Å². The summed E-state index contributed by atoms with van der Waals surface area (Å²) in [6.45, 7) is 3.49. The number of hydrogen-bond donors (Lipinski definition) is 3. The first-order valence-electron chi connectivity index (χ1n) is 18.1. The zero-order chi connectivity index (χ0) is 37.6. The van der Waals surface area contributed by atoms with Crippen LogP contribution in [0.15, 0.2) is 138 Å². The summed E-state index contributed by atoms with van der Waals surface area (Å²) in [4.78, 5) is 23.0. The lowest BCUT2D eigenvalue weighted by molar-refractivity contribution is -0.130. The van der Waals surface area contributed by atoms with Crippen LogP contribution in [0.2, 0.25) is 0 Å². The van der Waals surface area contributed by atoms with Crippen LogP contribution in [0, 0.1) is 0 Å². The number of amides is 1. The summed E-state index contributed by atoms with van der Waals surface area (Å²) >= 11 is 0. The molecular weight excluding hydrogens is 681 g/mol. The number of ether oxygens (including phenoxy) is 3. The molecule has 1 aliphatic rings. The maximum Gasteiger partial charge on any atom is 0.266 e. The highest BCUT2D eigenvalue weighted by Gasteiger charge is 2.53. The number of hydrazine groups is 1. The Morgan fingerprint density at radius 1 is 0.852 bits per heavy atom. The molecule has 5 aromatic carbocycles. The summed E-state index contributed by atoms with van der Waals surface area (Å²) in [5.74, 6) is 1.38. The largest absolute Gasteiger partial charge is 0.494 e. The number of carbonyl (C=O) groups excluding carboxylic acids is 1. The summed E-state index contributed by atoms with van der Waals surface area (Å²) in [6.07, 6.45) is 0.460.